The van der Waals surface area contributed by atoms with Crippen LogP contribution in [-0.2, 0) is 6.54 Å². The first-order valence-corrected chi connectivity index (χ1v) is 12.1. The molecule has 0 radical (unpaired) electrons. The van der Waals surface area contributed by atoms with E-state index in [4.69, 9.17) is 9.72 Å². The first-order chi connectivity index (χ1) is 16.9. The van der Waals surface area contributed by atoms with E-state index in [-0.39, 0.29) is 11.9 Å². The van der Waals surface area contributed by atoms with Crippen LogP contribution in [0.25, 0.3) is 22.6 Å². The molecule has 180 valence electrons. The number of carbonyl (C=O) groups excluding carboxylic acids is 1. The van der Waals surface area contributed by atoms with E-state index in [0.717, 1.165) is 28.3 Å². The summed E-state index contributed by atoms with van der Waals surface area (Å²) in [4.78, 5) is 18.8. The summed E-state index contributed by atoms with van der Waals surface area (Å²) in [5.41, 5.74) is 5.40. The number of nitrogens with one attached hydrogen (secondary N) is 1. The van der Waals surface area contributed by atoms with Crippen molar-refractivity contribution in [1.29, 1.82) is 0 Å². The summed E-state index contributed by atoms with van der Waals surface area (Å²) in [6.07, 6.45) is 0. The lowest BCUT2D eigenvalue weighted by Crippen LogP contribution is -2.29. The molecule has 1 atom stereocenters. The number of imidazole rings is 1. The van der Waals surface area contributed by atoms with Crippen molar-refractivity contribution in [2.24, 2.45) is 0 Å². The number of benzene rings is 3. The number of ether oxygens (including phenoxy) is 1. The van der Waals surface area contributed by atoms with E-state index in [2.05, 4.69) is 43.4 Å². The largest absolute Gasteiger partial charge is 0.497 e. The van der Waals surface area contributed by atoms with Gasteiger partial charge < -0.3 is 14.6 Å². The van der Waals surface area contributed by atoms with Gasteiger partial charge in [0.1, 0.15) is 23.0 Å². The van der Waals surface area contributed by atoms with Crippen LogP contribution in [0, 0.1) is 0 Å². The van der Waals surface area contributed by atoms with Gasteiger partial charge in [-0.25, -0.2) is 4.98 Å². The maximum Gasteiger partial charge on any atom is 0.270 e. The molecule has 0 aliphatic heterocycles. The van der Waals surface area contributed by atoms with Crippen molar-refractivity contribution in [1.82, 2.24) is 14.9 Å². The predicted molar refractivity (Wildman–Crippen MR) is 142 cm³/mol. The second-order valence-corrected chi connectivity index (χ2v) is 8.99. The number of nitrogens with zero attached hydrogens (tertiary/aromatic N) is 2. The zero-order valence-electron chi connectivity index (χ0n) is 21.1. The normalized spacial score (nSPS) is 11.9. The summed E-state index contributed by atoms with van der Waals surface area (Å²) < 4.78 is 7.37. The van der Waals surface area contributed by atoms with Crippen molar-refractivity contribution in [3.63, 3.8) is 0 Å². The zero-order valence-corrected chi connectivity index (χ0v) is 21.1. The second kappa shape index (κ2) is 10.6. The van der Waals surface area contributed by atoms with Crippen molar-refractivity contribution in [3.05, 3.63) is 95.7 Å². The smallest absolute Gasteiger partial charge is 0.270 e. The Morgan fingerprint density at radius 2 is 1.63 bits per heavy atom. The van der Waals surface area contributed by atoms with Gasteiger partial charge in [-0.05, 0) is 43.0 Å². The van der Waals surface area contributed by atoms with Crippen LogP contribution < -0.4 is 10.1 Å². The Bertz CT molecular complexity index is 1290. The van der Waals surface area contributed by atoms with E-state index in [1.165, 1.54) is 5.56 Å². The molecule has 3 aromatic carbocycles. The Hall–Kier alpha value is -3.86. The molecule has 0 aliphatic carbocycles. The number of amides is 1. The fourth-order valence-corrected chi connectivity index (χ4v) is 4.28. The van der Waals surface area contributed by atoms with Gasteiger partial charge in [-0.1, -0.05) is 80.6 Å². The first kappa shape index (κ1) is 24.3. The highest BCUT2D eigenvalue weighted by atomic mass is 16.5. The van der Waals surface area contributed by atoms with Gasteiger partial charge in [0.15, 0.2) is 0 Å². The van der Waals surface area contributed by atoms with Crippen LogP contribution in [0.5, 0.6) is 5.75 Å². The van der Waals surface area contributed by atoms with Gasteiger partial charge in [0, 0.05) is 17.7 Å². The summed E-state index contributed by atoms with van der Waals surface area (Å²) in [7, 11) is 1.64. The van der Waals surface area contributed by atoms with E-state index in [1.54, 1.807) is 7.11 Å². The molecule has 4 rings (SSSR count). The van der Waals surface area contributed by atoms with Gasteiger partial charge in [0.05, 0.1) is 13.2 Å². The summed E-state index contributed by atoms with van der Waals surface area (Å²) in [5, 5.41) is 3.19. The quantitative estimate of drug-likeness (QED) is 0.308. The molecule has 35 heavy (non-hydrogen) atoms. The third-order valence-corrected chi connectivity index (χ3v) is 6.32. The molecule has 0 spiro atoms. The summed E-state index contributed by atoms with van der Waals surface area (Å²) >= 11 is 0. The minimum Gasteiger partial charge on any atom is -0.497 e. The van der Waals surface area contributed by atoms with E-state index < -0.39 is 0 Å². The number of hydrogen-bond donors (Lipinski definition) is 1. The van der Waals surface area contributed by atoms with Crippen LogP contribution in [0.4, 0.5) is 0 Å². The van der Waals surface area contributed by atoms with Crippen molar-refractivity contribution >= 4 is 5.91 Å². The highest BCUT2D eigenvalue weighted by Gasteiger charge is 2.25. The van der Waals surface area contributed by atoms with Crippen molar-refractivity contribution in [2.45, 2.75) is 46.2 Å². The number of hydrogen-bond acceptors (Lipinski definition) is 3. The Morgan fingerprint density at radius 1 is 0.914 bits per heavy atom. The topological polar surface area (TPSA) is 56.2 Å². The lowest BCUT2D eigenvalue weighted by atomic mass is 10.00. The third-order valence-electron chi connectivity index (χ3n) is 6.32. The fraction of sp³-hybridized carbons (Fsp3) is 0.267. The van der Waals surface area contributed by atoms with E-state index in [1.807, 2.05) is 73.0 Å². The van der Waals surface area contributed by atoms with Crippen LogP contribution in [0.15, 0.2) is 78.9 Å². The monoisotopic (exact) mass is 467 g/mol. The van der Waals surface area contributed by atoms with Crippen LogP contribution in [0.2, 0.25) is 0 Å². The molecule has 1 aromatic heterocycles. The Labute approximate surface area is 207 Å². The van der Waals surface area contributed by atoms with Gasteiger partial charge in [-0.3, -0.25) is 4.79 Å². The minimum atomic E-state index is -0.200. The summed E-state index contributed by atoms with van der Waals surface area (Å²) in [5.74, 6) is 1.83. The number of aromatic nitrogens is 2. The zero-order chi connectivity index (χ0) is 24.9. The number of carbonyl (C=O) groups is 1. The summed E-state index contributed by atoms with van der Waals surface area (Å²) in [6.45, 7) is 8.99. The Morgan fingerprint density at radius 3 is 2.26 bits per heavy atom. The molecule has 1 amide bonds. The maximum absolute atomic E-state index is 13.8. The predicted octanol–water partition coefficient (Wildman–Crippen LogP) is 6.86. The van der Waals surface area contributed by atoms with Gasteiger partial charge in [-0.15, -0.1) is 0 Å². The first-order valence-electron chi connectivity index (χ1n) is 12.1. The summed E-state index contributed by atoms with van der Waals surface area (Å²) in [6, 6.07) is 26.0. The SMILES string of the molecule is CCn1c(-c2ccccc2)nc(-c2ccc(C(C)C)cc2)c1C(=O)N[C@@H](C)c1cccc(OC)c1. The highest BCUT2D eigenvalue weighted by Crippen LogP contribution is 2.31. The molecule has 5 heteroatoms. The molecule has 5 nitrogen and oxygen atoms in total. The molecule has 4 aromatic rings. The maximum atomic E-state index is 13.8. The van der Waals surface area contributed by atoms with E-state index in [9.17, 15) is 4.79 Å². The van der Waals surface area contributed by atoms with E-state index >= 15 is 0 Å². The van der Waals surface area contributed by atoms with Crippen LogP contribution in [0.1, 0.15) is 61.3 Å². The van der Waals surface area contributed by atoms with Gasteiger partial charge in [-0.2, -0.15) is 0 Å². The van der Waals surface area contributed by atoms with Gasteiger partial charge in [0.2, 0.25) is 0 Å². The third kappa shape index (κ3) is 5.14. The molecule has 1 heterocycles. The van der Waals surface area contributed by atoms with Crippen LogP contribution >= 0.6 is 0 Å². The molecule has 0 saturated carbocycles. The van der Waals surface area contributed by atoms with Crippen LogP contribution in [0.3, 0.4) is 0 Å². The average Bonchev–Trinajstić information content (AvgIpc) is 3.29. The second-order valence-electron chi connectivity index (χ2n) is 8.99. The Balaban J connectivity index is 1.78. The molecule has 0 fully saturated rings. The molecule has 1 N–H and O–H groups in total. The molecule has 0 aliphatic rings. The lowest BCUT2D eigenvalue weighted by Gasteiger charge is -2.17. The number of methoxy groups -OCH3 is 1. The Kier molecular flexibility index (Phi) is 7.35. The molecular formula is C30H33N3O2. The molecule has 0 saturated heterocycles. The van der Waals surface area contributed by atoms with Crippen molar-refractivity contribution in [2.75, 3.05) is 7.11 Å². The highest BCUT2D eigenvalue weighted by molar-refractivity contribution is 5.99. The van der Waals surface area contributed by atoms with Gasteiger partial charge >= 0.3 is 0 Å². The number of rotatable bonds is 8. The minimum absolute atomic E-state index is 0.153. The average molecular weight is 468 g/mol. The fourth-order valence-electron chi connectivity index (χ4n) is 4.28. The van der Waals surface area contributed by atoms with Gasteiger partial charge in [0.25, 0.3) is 5.91 Å². The van der Waals surface area contributed by atoms with E-state index in [0.29, 0.717) is 23.9 Å². The lowest BCUT2D eigenvalue weighted by molar-refractivity contribution is 0.0931. The standard InChI is InChI=1S/C30H33N3O2/c1-6-33-28(30(34)31-21(4)25-13-10-14-26(19-25)35-5)27(23-17-15-22(16-18-23)20(2)3)32-29(33)24-11-8-7-9-12-24/h7-21H,6H2,1-5H3,(H,31,34)/t21-/m0/s1. The molecular weight excluding hydrogens is 434 g/mol. The van der Waals surface area contributed by atoms with Crippen molar-refractivity contribution in [3.8, 4) is 28.4 Å². The van der Waals surface area contributed by atoms with Crippen molar-refractivity contribution < 1.29 is 9.53 Å². The van der Waals surface area contributed by atoms with Crippen LogP contribution in [-0.4, -0.2) is 22.6 Å². The molecule has 0 unspecified atom stereocenters. The molecule has 0 bridgehead atoms.